The van der Waals surface area contributed by atoms with Crippen molar-refractivity contribution >= 4 is 11.0 Å². The maximum atomic E-state index is 6.27. The molecule has 6 heteroatoms. The highest BCUT2D eigenvalue weighted by atomic mass is 16.5. The van der Waals surface area contributed by atoms with E-state index < -0.39 is 0 Å². The van der Waals surface area contributed by atoms with E-state index in [1.54, 1.807) is 0 Å². The highest BCUT2D eigenvalue weighted by Crippen LogP contribution is 2.44. The summed E-state index contributed by atoms with van der Waals surface area (Å²) in [5.74, 6) is 2.58. The van der Waals surface area contributed by atoms with Crippen molar-refractivity contribution in [3.8, 4) is 16.9 Å². The van der Waals surface area contributed by atoms with Gasteiger partial charge in [0, 0.05) is 11.8 Å². The van der Waals surface area contributed by atoms with Gasteiger partial charge in [0.1, 0.15) is 29.8 Å². The van der Waals surface area contributed by atoms with Crippen molar-refractivity contribution in [1.29, 1.82) is 0 Å². The molecule has 26 heavy (non-hydrogen) atoms. The van der Waals surface area contributed by atoms with Gasteiger partial charge in [0.2, 0.25) is 0 Å². The van der Waals surface area contributed by atoms with Crippen molar-refractivity contribution < 1.29 is 9.26 Å². The Morgan fingerprint density at radius 1 is 1.12 bits per heavy atom. The lowest BCUT2D eigenvalue weighted by Gasteiger charge is -2.27. The van der Waals surface area contributed by atoms with Crippen molar-refractivity contribution in [1.82, 2.24) is 19.7 Å². The molecule has 6 nitrogen and oxygen atoms in total. The lowest BCUT2D eigenvalue weighted by molar-refractivity contribution is 0.255. The van der Waals surface area contributed by atoms with Crippen LogP contribution in [0.1, 0.15) is 29.0 Å². The first-order chi connectivity index (χ1) is 12.6. The fourth-order valence-corrected chi connectivity index (χ4v) is 3.89. The molecule has 0 amide bonds. The van der Waals surface area contributed by atoms with Crippen LogP contribution in [0.4, 0.5) is 0 Å². The first-order valence-electron chi connectivity index (χ1n) is 8.63. The number of ether oxygens (including phenoxy) is 1. The predicted octanol–water partition coefficient (Wildman–Crippen LogP) is 3.99. The van der Waals surface area contributed by atoms with Crippen LogP contribution in [0.2, 0.25) is 0 Å². The zero-order chi connectivity index (χ0) is 17.8. The summed E-state index contributed by atoms with van der Waals surface area (Å²) in [5, 5.41) is 4.09. The molecule has 0 aliphatic carbocycles. The Morgan fingerprint density at radius 3 is 2.73 bits per heavy atom. The average molecular weight is 346 g/mol. The largest absolute Gasteiger partial charge is 0.488 e. The highest BCUT2D eigenvalue weighted by molar-refractivity contribution is 5.92. The summed E-state index contributed by atoms with van der Waals surface area (Å²) in [6.45, 7) is 6.41. The van der Waals surface area contributed by atoms with E-state index in [-0.39, 0.29) is 6.04 Å². The second-order valence-electron chi connectivity index (χ2n) is 6.62. The third-order valence-electron chi connectivity index (χ3n) is 5.01. The smallest absolute Gasteiger partial charge is 0.153 e. The molecule has 3 aromatic heterocycles. The standard InChI is InChI=1S/C20H18N4O2/c1-11-18(12(2)26-23-11)14-7-8-16-19-20(14)25-10-17(24(19)13(3)22-16)15-6-4-5-9-21-15/h4-9,17H,10H2,1-3H3. The summed E-state index contributed by atoms with van der Waals surface area (Å²) in [4.78, 5) is 9.27. The van der Waals surface area contributed by atoms with Crippen LogP contribution in [-0.2, 0) is 0 Å². The van der Waals surface area contributed by atoms with E-state index in [4.69, 9.17) is 14.2 Å². The summed E-state index contributed by atoms with van der Waals surface area (Å²) in [6.07, 6.45) is 1.81. The van der Waals surface area contributed by atoms with E-state index in [1.165, 1.54) is 0 Å². The maximum Gasteiger partial charge on any atom is 0.153 e. The Morgan fingerprint density at radius 2 is 2.00 bits per heavy atom. The predicted molar refractivity (Wildman–Crippen MR) is 97.3 cm³/mol. The van der Waals surface area contributed by atoms with Crippen molar-refractivity contribution in [2.75, 3.05) is 6.61 Å². The van der Waals surface area contributed by atoms with Crippen LogP contribution in [0.5, 0.6) is 5.75 Å². The second-order valence-corrected chi connectivity index (χ2v) is 6.62. The Hall–Kier alpha value is -3.15. The monoisotopic (exact) mass is 346 g/mol. The number of rotatable bonds is 2. The molecule has 4 aromatic rings. The number of hydrogen-bond donors (Lipinski definition) is 0. The van der Waals surface area contributed by atoms with Crippen molar-refractivity contribution in [2.45, 2.75) is 26.8 Å². The fourth-order valence-electron chi connectivity index (χ4n) is 3.89. The van der Waals surface area contributed by atoms with Gasteiger partial charge in [-0.25, -0.2) is 4.98 Å². The number of pyridine rings is 1. The quantitative estimate of drug-likeness (QED) is 0.549. The lowest BCUT2D eigenvalue weighted by atomic mass is 10.0. The number of aromatic nitrogens is 4. The minimum absolute atomic E-state index is 0.00798. The van der Waals surface area contributed by atoms with E-state index in [2.05, 4.69) is 14.7 Å². The molecule has 1 aliphatic rings. The van der Waals surface area contributed by atoms with Crippen LogP contribution in [0, 0.1) is 20.8 Å². The maximum absolute atomic E-state index is 6.27. The molecule has 1 aliphatic heterocycles. The van der Waals surface area contributed by atoms with Crippen LogP contribution in [0.15, 0.2) is 41.1 Å². The minimum Gasteiger partial charge on any atom is -0.488 e. The average Bonchev–Trinajstić information content (AvgIpc) is 3.17. The molecule has 0 bridgehead atoms. The summed E-state index contributed by atoms with van der Waals surface area (Å²) in [7, 11) is 0. The van der Waals surface area contributed by atoms with Gasteiger partial charge in [-0.05, 0) is 45.0 Å². The molecule has 0 spiro atoms. The lowest BCUT2D eigenvalue weighted by Crippen LogP contribution is -2.25. The SMILES string of the molecule is Cc1noc(C)c1-c1ccc2nc(C)n3c2c1OCC3c1ccccn1. The van der Waals surface area contributed by atoms with Gasteiger partial charge in [-0.3, -0.25) is 4.98 Å². The number of aryl methyl sites for hydroxylation is 3. The van der Waals surface area contributed by atoms with Crippen molar-refractivity contribution in [2.24, 2.45) is 0 Å². The highest BCUT2D eigenvalue weighted by Gasteiger charge is 2.30. The minimum atomic E-state index is 0.00798. The molecular formula is C20H18N4O2. The van der Waals surface area contributed by atoms with Gasteiger partial charge in [0.15, 0.2) is 5.75 Å². The van der Waals surface area contributed by atoms with Gasteiger partial charge in [0.25, 0.3) is 0 Å². The molecular weight excluding hydrogens is 328 g/mol. The molecule has 0 N–H and O–H groups in total. The van der Waals surface area contributed by atoms with Gasteiger partial charge in [-0.15, -0.1) is 0 Å². The Labute approximate surface area is 150 Å². The van der Waals surface area contributed by atoms with Gasteiger partial charge >= 0.3 is 0 Å². The summed E-state index contributed by atoms with van der Waals surface area (Å²) >= 11 is 0. The van der Waals surface area contributed by atoms with E-state index in [1.807, 2.05) is 57.3 Å². The molecule has 130 valence electrons. The molecule has 0 saturated carbocycles. The molecule has 1 aromatic carbocycles. The molecule has 4 heterocycles. The molecule has 0 saturated heterocycles. The van der Waals surface area contributed by atoms with Gasteiger partial charge in [-0.1, -0.05) is 11.2 Å². The van der Waals surface area contributed by atoms with E-state index >= 15 is 0 Å². The third kappa shape index (κ3) is 2.02. The van der Waals surface area contributed by atoms with Gasteiger partial charge in [-0.2, -0.15) is 0 Å². The molecule has 1 atom stereocenters. The van der Waals surface area contributed by atoms with E-state index in [0.717, 1.165) is 50.9 Å². The molecule has 0 radical (unpaired) electrons. The topological polar surface area (TPSA) is 66.0 Å². The van der Waals surface area contributed by atoms with Crippen molar-refractivity contribution in [3.05, 3.63) is 59.5 Å². The zero-order valence-electron chi connectivity index (χ0n) is 14.9. The summed E-state index contributed by atoms with van der Waals surface area (Å²) in [6, 6.07) is 10.0. The Kier molecular flexibility index (Phi) is 3.16. The number of nitrogens with zero attached hydrogens (tertiary/aromatic N) is 4. The Bertz CT molecular complexity index is 1110. The fraction of sp³-hybridized carbons (Fsp3) is 0.250. The van der Waals surface area contributed by atoms with Crippen LogP contribution < -0.4 is 4.74 Å². The third-order valence-corrected chi connectivity index (χ3v) is 5.01. The second kappa shape index (κ2) is 5.42. The van der Waals surface area contributed by atoms with Crippen LogP contribution >= 0.6 is 0 Å². The number of benzene rings is 1. The normalized spacial score (nSPS) is 16.0. The molecule has 0 fully saturated rings. The first-order valence-corrected chi connectivity index (χ1v) is 8.63. The van der Waals surface area contributed by atoms with E-state index in [9.17, 15) is 0 Å². The van der Waals surface area contributed by atoms with Crippen LogP contribution in [-0.4, -0.2) is 26.3 Å². The van der Waals surface area contributed by atoms with Crippen LogP contribution in [0.25, 0.3) is 22.2 Å². The van der Waals surface area contributed by atoms with Crippen molar-refractivity contribution in [3.63, 3.8) is 0 Å². The summed E-state index contributed by atoms with van der Waals surface area (Å²) in [5.41, 5.74) is 5.74. The molecule has 5 rings (SSSR count). The number of hydrogen-bond acceptors (Lipinski definition) is 5. The van der Waals surface area contributed by atoms with Gasteiger partial charge < -0.3 is 13.8 Å². The molecule has 1 unspecified atom stereocenters. The van der Waals surface area contributed by atoms with Crippen LogP contribution in [0.3, 0.4) is 0 Å². The zero-order valence-corrected chi connectivity index (χ0v) is 14.9. The number of imidazole rings is 1. The Balaban J connectivity index is 1.79. The first kappa shape index (κ1) is 15.1. The van der Waals surface area contributed by atoms with Gasteiger partial charge in [0.05, 0.1) is 22.5 Å². The van der Waals surface area contributed by atoms with E-state index in [0.29, 0.717) is 6.61 Å². The summed E-state index contributed by atoms with van der Waals surface area (Å²) < 4.78 is 13.9.